The van der Waals surface area contributed by atoms with Crippen LogP contribution in [0.3, 0.4) is 0 Å². The fourth-order valence-corrected chi connectivity index (χ4v) is 0. The summed E-state index contributed by atoms with van der Waals surface area (Å²) in [5.74, 6) is 0.167. The van der Waals surface area contributed by atoms with E-state index in [2.05, 4.69) is 5.14 Å². The summed E-state index contributed by atoms with van der Waals surface area (Å²) in [5, 5.41) is 3.88. The van der Waals surface area contributed by atoms with Gasteiger partial charge in [0.25, 0.3) is 0 Å². The molecule has 0 rings (SSSR count). The Labute approximate surface area is 65.3 Å². The van der Waals surface area contributed by atoms with Gasteiger partial charge in [-0.3, -0.25) is 4.55 Å². The van der Waals surface area contributed by atoms with Crippen LogP contribution in [-0.4, -0.2) is 25.5 Å². The average molecular weight is 185 g/mol. The van der Waals surface area contributed by atoms with Gasteiger partial charge in [0, 0.05) is 0 Å². The number of carbonyl (C=O) groups excluding carboxylic acids is 2. The van der Waals surface area contributed by atoms with Crippen molar-refractivity contribution in [3.8, 4) is 0 Å². The monoisotopic (exact) mass is 185 g/mol. The molecule has 7 heteroatoms. The van der Waals surface area contributed by atoms with E-state index in [0.29, 0.717) is 0 Å². The van der Waals surface area contributed by atoms with E-state index < -0.39 is 10.3 Å². The van der Waals surface area contributed by atoms with E-state index in [0.717, 1.165) is 0 Å². The molecule has 0 aromatic carbocycles. The van der Waals surface area contributed by atoms with Crippen LogP contribution in [-0.2, 0) is 19.9 Å². The molecule has 0 aromatic heterocycles. The SMILES string of the molecule is C=O.CC(C)=O.NS(=O)(=O)O. The van der Waals surface area contributed by atoms with Gasteiger partial charge in [0.15, 0.2) is 0 Å². The first kappa shape index (κ1) is 16.7. The lowest BCUT2D eigenvalue weighted by atomic mass is 10.6. The van der Waals surface area contributed by atoms with Crippen LogP contribution in [0.15, 0.2) is 0 Å². The van der Waals surface area contributed by atoms with E-state index in [-0.39, 0.29) is 5.78 Å². The van der Waals surface area contributed by atoms with Gasteiger partial charge in [0.2, 0.25) is 0 Å². The van der Waals surface area contributed by atoms with Gasteiger partial charge in [-0.1, -0.05) is 0 Å². The molecule has 0 saturated heterocycles. The predicted molar refractivity (Wildman–Crippen MR) is 39.2 cm³/mol. The minimum Gasteiger partial charge on any atom is -0.307 e. The van der Waals surface area contributed by atoms with Gasteiger partial charge in [0.05, 0.1) is 0 Å². The summed E-state index contributed by atoms with van der Waals surface area (Å²) in [4.78, 5) is 17.4. The summed E-state index contributed by atoms with van der Waals surface area (Å²) in [6.45, 7) is 5.06. The fourth-order valence-electron chi connectivity index (χ4n) is 0. The zero-order valence-corrected chi connectivity index (χ0v) is 7.09. The van der Waals surface area contributed by atoms with Crippen LogP contribution in [0.2, 0.25) is 0 Å². The van der Waals surface area contributed by atoms with E-state index >= 15 is 0 Å². The number of hydrogen-bond donors (Lipinski definition) is 2. The van der Waals surface area contributed by atoms with Crippen LogP contribution in [0.1, 0.15) is 13.8 Å². The fraction of sp³-hybridized carbons (Fsp3) is 0.500. The van der Waals surface area contributed by atoms with Crippen LogP contribution in [0.4, 0.5) is 0 Å². The third kappa shape index (κ3) is 767. The van der Waals surface area contributed by atoms with Crippen molar-refractivity contribution in [2.24, 2.45) is 5.14 Å². The van der Waals surface area contributed by atoms with Gasteiger partial charge in [-0.2, -0.15) is 8.42 Å². The van der Waals surface area contributed by atoms with Crippen LogP contribution in [0, 0.1) is 0 Å². The van der Waals surface area contributed by atoms with Crippen molar-refractivity contribution in [3.05, 3.63) is 0 Å². The minimum absolute atomic E-state index is 0.167. The second-order valence-electron chi connectivity index (χ2n) is 1.42. The first-order valence-electron chi connectivity index (χ1n) is 2.24. The Morgan fingerprint density at radius 3 is 1.36 bits per heavy atom. The van der Waals surface area contributed by atoms with Crippen LogP contribution < -0.4 is 5.14 Å². The Balaban J connectivity index is -0.0000000965. The van der Waals surface area contributed by atoms with E-state index in [4.69, 9.17) is 17.8 Å². The first-order valence-corrected chi connectivity index (χ1v) is 3.75. The molecule has 11 heavy (non-hydrogen) atoms. The molecule has 0 aliphatic rings. The summed E-state index contributed by atoms with van der Waals surface area (Å²) in [7, 11) is -4.17. The maximum atomic E-state index is 9.44. The lowest BCUT2D eigenvalue weighted by molar-refractivity contribution is -0.115. The van der Waals surface area contributed by atoms with Crippen molar-refractivity contribution in [2.45, 2.75) is 13.8 Å². The molecule has 0 spiro atoms. The Kier molecular flexibility index (Phi) is 13.9. The van der Waals surface area contributed by atoms with Gasteiger partial charge < -0.3 is 9.59 Å². The zero-order chi connectivity index (χ0) is 10.1. The summed E-state index contributed by atoms with van der Waals surface area (Å²) >= 11 is 0. The molecule has 68 valence electrons. The maximum Gasteiger partial charge on any atom is 0.330 e. The molecule has 0 saturated carbocycles. The van der Waals surface area contributed by atoms with E-state index in [1.807, 2.05) is 6.79 Å². The molecule has 0 amide bonds. The van der Waals surface area contributed by atoms with E-state index in [9.17, 15) is 4.79 Å². The number of hydrogen-bond acceptors (Lipinski definition) is 4. The molecule has 0 aromatic rings. The van der Waals surface area contributed by atoms with Crippen molar-refractivity contribution in [1.29, 1.82) is 0 Å². The highest BCUT2D eigenvalue weighted by Gasteiger charge is 1.81. The Bertz CT molecular complexity index is 173. The highest BCUT2D eigenvalue weighted by molar-refractivity contribution is 7.83. The number of rotatable bonds is 0. The van der Waals surface area contributed by atoms with Crippen molar-refractivity contribution < 1.29 is 22.6 Å². The molecular weight excluding hydrogens is 174 g/mol. The third-order valence-corrected chi connectivity index (χ3v) is 0. The molecule has 0 aliphatic carbocycles. The molecule has 0 atom stereocenters. The smallest absolute Gasteiger partial charge is 0.307 e. The van der Waals surface area contributed by atoms with Crippen molar-refractivity contribution in [1.82, 2.24) is 0 Å². The van der Waals surface area contributed by atoms with Crippen molar-refractivity contribution >= 4 is 22.9 Å². The van der Waals surface area contributed by atoms with Crippen molar-refractivity contribution in [3.63, 3.8) is 0 Å². The molecule has 6 nitrogen and oxygen atoms in total. The molecule has 0 bridgehead atoms. The van der Waals surface area contributed by atoms with E-state index in [1.54, 1.807) is 0 Å². The number of nitrogens with two attached hydrogens (primary N) is 1. The Morgan fingerprint density at radius 2 is 1.36 bits per heavy atom. The minimum atomic E-state index is -4.17. The Hall–Kier alpha value is -0.790. The van der Waals surface area contributed by atoms with Gasteiger partial charge in [-0.05, 0) is 13.8 Å². The molecule has 0 aliphatic heterocycles. The first-order chi connectivity index (χ1) is 4.73. The number of Topliss-reactive ketones (excluding diaryl/α,β-unsaturated/α-hetero) is 1. The normalized spacial score (nSPS) is 8.00. The quantitative estimate of drug-likeness (QED) is 0.477. The Morgan fingerprint density at radius 1 is 1.36 bits per heavy atom. The molecule has 0 fully saturated rings. The standard InChI is InChI=1S/C3H6O.CH2O.H3NO3S/c1-3(2)4;1-2;1-5(2,3)4/h1-2H3;1H2;(H3,1,2,3,4). The lowest BCUT2D eigenvalue weighted by Gasteiger charge is -1.70. The van der Waals surface area contributed by atoms with Crippen molar-refractivity contribution in [2.75, 3.05) is 0 Å². The van der Waals surface area contributed by atoms with Crippen LogP contribution in [0.5, 0.6) is 0 Å². The number of ketones is 1. The number of carbonyl (C=O) groups is 2. The zero-order valence-electron chi connectivity index (χ0n) is 6.27. The molecule has 0 radical (unpaired) electrons. The van der Waals surface area contributed by atoms with Crippen LogP contribution >= 0.6 is 0 Å². The predicted octanol–water partition coefficient (Wildman–Crippen LogP) is -0.842. The summed E-state index contributed by atoms with van der Waals surface area (Å²) in [6, 6.07) is 0. The highest BCUT2D eigenvalue weighted by Crippen LogP contribution is 1.50. The van der Waals surface area contributed by atoms with E-state index in [1.165, 1.54) is 13.8 Å². The van der Waals surface area contributed by atoms with Gasteiger partial charge in [-0.25, -0.2) is 5.14 Å². The topological polar surface area (TPSA) is 115 Å². The third-order valence-electron chi connectivity index (χ3n) is 0. The summed E-state index contributed by atoms with van der Waals surface area (Å²) < 4.78 is 25.2. The highest BCUT2D eigenvalue weighted by atomic mass is 32.2. The molecule has 0 heterocycles. The second kappa shape index (κ2) is 9.21. The summed E-state index contributed by atoms with van der Waals surface area (Å²) in [6.07, 6.45) is 0. The molecular formula is C4H11NO5S. The largest absolute Gasteiger partial charge is 0.330 e. The molecule has 0 unspecified atom stereocenters. The second-order valence-corrected chi connectivity index (χ2v) is 2.45. The van der Waals surface area contributed by atoms with Gasteiger partial charge in [-0.15, -0.1) is 0 Å². The lowest BCUT2D eigenvalue weighted by Crippen LogP contribution is -2.08. The average Bonchev–Trinajstić information content (AvgIpc) is 1.63. The maximum absolute atomic E-state index is 9.44. The van der Waals surface area contributed by atoms with Crippen LogP contribution in [0.25, 0.3) is 0 Å². The summed E-state index contributed by atoms with van der Waals surface area (Å²) in [5.41, 5.74) is 0. The van der Waals surface area contributed by atoms with Gasteiger partial charge >= 0.3 is 10.3 Å². The van der Waals surface area contributed by atoms with Gasteiger partial charge in [0.1, 0.15) is 12.6 Å². The molecule has 3 N–H and O–H groups in total.